The maximum absolute atomic E-state index is 10.2. The van der Waals surface area contributed by atoms with Crippen LogP contribution < -0.4 is 5.43 Å². The first kappa shape index (κ1) is 12.2. The second-order valence-corrected chi connectivity index (χ2v) is 4.24. The van der Waals surface area contributed by atoms with Crippen LogP contribution in [-0.2, 0) is 9.53 Å². The van der Waals surface area contributed by atoms with Crippen LogP contribution in [0.15, 0.2) is 35.4 Å². The number of ether oxygens (including phenoxy) is 1. The lowest BCUT2D eigenvalue weighted by molar-refractivity contribution is -0.109. The summed E-state index contributed by atoms with van der Waals surface area (Å²) in [5.41, 5.74) is 2.72. The summed E-state index contributed by atoms with van der Waals surface area (Å²) in [6.45, 7) is 5.77. The molecule has 0 saturated carbocycles. The van der Waals surface area contributed by atoms with Gasteiger partial charge in [-0.1, -0.05) is 18.2 Å². The largest absolute Gasteiger partial charge is 0.471 e. The molecular formula is C12H16N2O2. The number of amides is 1. The number of hydrogen-bond acceptors (Lipinski definition) is 3. The summed E-state index contributed by atoms with van der Waals surface area (Å²) in [5, 5.41) is 3.87. The third kappa shape index (κ3) is 4.13. The molecule has 0 aliphatic rings. The van der Waals surface area contributed by atoms with E-state index < -0.39 is 0 Å². The summed E-state index contributed by atoms with van der Waals surface area (Å²) in [6.07, 6.45) is 0.509. The fourth-order valence-electron chi connectivity index (χ4n) is 1.10. The minimum atomic E-state index is -0.362. The van der Waals surface area contributed by atoms with Crippen LogP contribution in [0.2, 0.25) is 0 Å². The molecule has 0 aromatic heterocycles. The first-order chi connectivity index (χ1) is 7.53. The second-order valence-electron chi connectivity index (χ2n) is 4.24. The lowest BCUT2D eigenvalue weighted by atomic mass is 10.1. The molecule has 0 spiro atoms. The molecule has 0 unspecified atom stereocenters. The molecule has 1 aromatic rings. The molecule has 0 radical (unpaired) electrons. The number of hydrogen-bond donors (Lipinski definition) is 1. The predicted molar refractivity (Wildman–Crippen MR) is 63.0 cm³/mol. The Balaban J connectivity index is 2.93. The summed E-state index contributed by atoms with van der Waals surface area (Å²) in [5.74, 6) is 0.403. The predicted octanol–water partition coefficient (Wildman–Crippen LogP) is 1.91. The Kier molecular flexibility index (Phi) is 4.05. The molecule has 0 atom stereocenters. The van der Waals surface area contributed by atoms with Gasteiger partial charge in [0.2, 0.25) is 12.3 Å². The van der Waals surface area contributed by atoms with Crippen molar-refractivity contribution in [2.75, 3.05) is 0 Å². The molecule has 0 aliphatic heterocycles. The number of rotatable bonds is 3. The molecule has 4 heteroatoms. The molecule has 4 nitrogen and oxygen atoms in total. The van der Waals surface area contributed by atoms with Gasteiger partial charge in [0.25, 0.3) is 0 Å². The highest BCUT2D eigenvalue weighted by atomic mass is 16.5. The number of nitrogens with zero attached hydrogens (tertiary/aromatic N) is 1. The number of carbonyl (C=O) groups excluding carboxylic acids is 1. The lowest BCUT2D eigenvalue weighted by Gasteiger charge is -2.22. The Hall–Kier alpha value is -1.84. The van der Waals surface area contributed by atoms with Gasteiger partial charge < -0.3 is 4.74 Å². The van der Waals surface area contributed by atoms with Gasteiger partial charge in [-0.25, -0.2) is 5.43 Å². The van der Waals surface area contributed by atoms with E-state index in [1.165, 1.54) is 0 Å². The maximum atomic E-state index is 10.2. The molecule has 0 fully saturated rings. The van der Waals surface area contributed by atoms with E-state index in [0.29, 0.717) is 12.3 Å². The SMILES string of the molecule is CC(C)(C)OC(=NNC=O)c1ccccc1. The van der Waals surface area contributed by atoms with Gasteiger partial charge in [0.05, 0.1) is 0 Å². The van der Waals surface area contributed by atoms with Crippen molar-refractivity contribution in [2.24, 2.45) is 5.10 Å². The quantitative estimate of drug-likeness (QED) is 0.366. The molecular weight excluding hydrogens is 204 g/mol. The van der Waals surface area contributed by atoms with Crippen LogP contribution >= 0.6 is 0 Å². The molecule has 0 bridgehead atoms. The van der Waals surface area contributed by atoms with Gasteiger partial charge in [0.15, 0.2) is 0 Å². The van der Waals surface area contributed by atoms with Crippen LogP contribution in [-0.4, -0.2) is 17.9 Å². The highest BCUT2D eigenvalue weighted by molar-refractivity contribution is 5.94. The van der Waals surface area contributed by atoms with Gasteiger partial charge in [-0.3, -0.25) is 4.79 Å². The summed E-state index contributed by atoms with van der Waals surface area (Å²) >= 11 is 0. The van der Waals surface area contributed by atoms with Crippen molar-refractivity contribution in [2.45, 2.75) is 26.4 Å². The standard InChI is InChI=1S/C12H16N2O2/c1-12(2,3)16-11(14-13-9-15)10-7-5-4-6-8-10/h4-9H,1-3H3,(H,13,15). The molecule has 1 aromatic carbocycles. The summed E-state index contributed by atoms with van der Waals surface area (Å²) in [7, 11) is 0. The van der Waals surface area contributed by atoms with Crippen molar-refractivity contribution in [1.82, 2.24) is 5.43 Å². The van der Waals surface area contributed by atoms with E-state index in [0.717, 1.165) is 5.56 Å². The van der Waals surface area contributed by atoms with Crippen LogP contribution in [0.25, 0.3) is 0 Å². The topological polar surface area (TPSA) is 50.7 Å². The van der Waals surface area contributed by atoms with Gasteiger partial charge in [0.1, 0.15) is 5.60 Å². The minimum absolute atomic E-state index is 0.362. The van der Waals surface area contributed by atoms with Gasteiger partial charge in [-0.2, -0.15) is 0 Å². The Morgan fingerprint density at radius 1 is 1.31 bits per heavy atom. The number of hydrazone groups is 1. The maximum Gasteiger partial charge on any atom is 0.238 e. The molecule has 86 valence electrons. The average molecular weight is 220 g/mol. The Morgan fingerprint density at radius 2 is 1.94 bits per heavy atom. The molecule has 0 aliphatic carbocycles. The van der Waals surface area contributed by atoms with Crippen molar-refractivity contribution in [3.8, 4) is 0 Å². The fourth-order valence-corrected chi connectivity index (χ4v) is 1.10. The van der Waals surface area contributed by atoms with E-state index in [1.54, 1.807) is 0 Å². The van der Waals surface area contributed by atoms with E-state index >= 15 is 0 Å². The van der Waals surface area contributed by atoms with Crippen LogP contribution in [0.4, 0.5) is 0 Å². The molecule has 1 amide bonds. The highest BCUT2D eigenvalue weighted by Gasteiger charge is 2.16. The zero-order valence-corrected chi connectivity index (χ0v) is 9.73. The molecule has 0 heterocycles. The summed E-state index contributed by atoms with van der Waals surface area (Å²) in [6, 6.07) is 9.43. The lowest BCUT2D eigenvalue weighted by Crippen LogP contribution is -2.26. The van der Waals surface area contributed by atoms with Crippen LogP contribution in [0.5, 0.6) is 0 Å². The van der Waals surface area contributed by atoms with Crippen molar-refractivity contribution >= 4 is 12.3 Å². The Labute approximate surface area is 95.3 Å². The van der Waals surface area contributed by atoms with Gasteiger partial charge in [0, 0.05) is 5.56 Å². The van der Waals surface area contributed by atoms with Gasteiger partial charge >= 0.3 is 0 Å². The van der Waals surface area contributed by atoms with Crippen molar-refractivity contribution < 1.29 is 9.53 Å². The van der Waals surface area contributed by atoms with Crippen LogP contribution in [0.1, 0.15) is 26.3 Å². The normalized spacial score (nSPS) is 12.1. The monoisotopic (exact) mass is 220 g/mol. The highest BCUT2D eigenvalue weighted by Crippen LogP contribution is 2.12. The van der Waals surface area contributed by atoms with Gasteiger partial charge in [-0.05, 0) is 32.9 Å². The van der Waals surface area contributed by atoms with Crippen molar-refractivity contribution in [3.05, 3.63) is 35.9 Å². The van der Waals surface area contributed by atoms with Crippen molar-refractivity contribution in [1.29, 1.82) is 0 Å². The fraction of sp³-hybridized carbons (Fsp3) is 0.333. The number of benzene rings is 1. The third-order valence-electron chi connectivity index (χ3n) is 1.64. The molecule has 16 heavy (non-hydrogen) atoms. The molecule has 1 rings (SSSR count). The number of nitrogens with one attached hydrogen (secondary N) is 1. The molecule has 1 N–H and O–H groups in total. The first-order valence-electron chi connectivity index (χ1n) is 5.04. The van der Waals surface area contributed by atoms with E-state index in [1.807, 2.05) is 51.1 Å². The average Bonchev–Trinajstić information content (AvgIpc) is 2.24. The zero-order chi connectivity index (χ0) is 12.0. The van der Waals surface area contributed by atoms with Crippen LogP contribution in [0.3, 0.4) is 0 Å². The molecule has 0 saturated heterocycles. The summed E-state index contributed by atoms with van der Waals surface area (Å²) in [4.78, 5) is 10.2. The second kappa shape index (κ2) is 5.30. The van der Waals surface area contributed by atoms with Crippen LogP contribution in [0, 0.1) is 0 Å². The van der Waals surface area contributed by atoms with Crippen molar-refractivity contribution in [3.63, 3.8) is 0 Å². The number of carbonyl (C=O) groups is 1. The van der Waals surface area contributed by atoms with E-state index in [2.05, 4.69) is 10.5 Å². The Bertz CT molecular complexity index is 366. The zero-order valence-electron chi connectivity index (χ0n) is 9.73. The van der Waals surface area contributed by atoms with E-state index in [9.17, 15) is 4.79 Å². The first-order valence-corrected chi connectivity index (χ1v) is 5.04. The smallest absolute Gasteiger partial charge is 0.238 e. The Morgan fingerprint density at radius 3 is 2.44 bits per heavy atom. The van der Waals surface area contributed by atoms with Gasteiger partial charge in [-0.15, -0.1) is 5.10 Å². The van der Waals surface area contributed by atoms with E-state index in [4.69, 9.17) is 4.74 Å². The minimum Gasteiger partial charge on any atom is -0.471 e. The third-order valence-corrected chi connectivity index (χ3v) is 1.64. The summed E-state index contributed by atoms with van der Waals surface area (Å²) < 4.78 is 5.65. The van der Waals surface area contributed by atoms with E-state index in [-0.39, 0.29) is 5.60 Å².